The van der Waals surface area contributed by atoms with Crippen molar-refractivity contribution in [1.82, 2.24) is 24.8 Å². The minimum atomic E-state index is -0.170. The molecule has 5 rings (SSSR count). The van der Waals surface area contributed by atoms with Crippen LogP contribution in [-0.4, -0.2) is 44.0 Å². The minimum absolute atomic E-state index is 0.170. The van der Waals surface area contributed by atoms with Gasteiger partial charge < -0.3 is 10.3 Å². The Labute approximate surface area is 209 Å². The number of H-pyrrole nitrogens is 1. The van der Waals surface area contributed by atoms with Gasteiger partial charge in [0.2, 0.25) is 5.82 Å². The molecule has 1 aliphatic rings. The largest absolute Gasteiger partial charge is 0.367 e. The van der Waals surface area contributed by atoms with Crippen molar-refractivity contribution in [2.45, 2.75) is 32.4 Å². The smallest absolute Gasteiger partial charge is 0.269 e. The molecular formula is C28H27N7O. The van der Waals surface area contributed by atoms with Crippen molar-refractivity contribution >= 4 is 5.82 Å². The SMILES string of the molecule is Cc1nc(-c2ccccc2)c(-c2ccc(CN3CCC(Nc4ccnc(C#N)n4)CC3)cc2)[nH]c1=O. The van der Waals surface area contributed by atoms with E-state index >= 15 is 0 Å². The Balaban J connectivity index is 1.24. The standard InChI is InChI=1S/C28H27N7O/c1-19-28(36)34-27(26(31-19)21-5-3-2-4-6-21)22-9-7-20(8-10-22)18-35-15-12-23(13-16-35)32-24-11-14-30-25(17-29)33-24/h2-11,14,23H,12-13,15-16,18H2,1H3,(H,34,36)(H,30,32,33). The molecule has 0 unspecified atom stereocenters. The van der Waals surface area contributed by atoms with Crippen LogP contribution in [0.25, 0.3) is 22.5 Å². The van der Waals surface area contributed by atoms with E-state index in [0.717, 1.165) is 55.0 Å². The highest BCUT2D eigenvalue weighted by molar-refractivity contribution is 5.77. The molecule has 2 aromatic heterocycles. The summed E-state index contributed by atoms with van der Waals surface area (Å²) in [7, 11) is 0. The van der Waals surface area contributed by atoms with Crippen LogP contribution in [0.2, 0.25) is 0 Å². The molecule has 0 aliphatic carbocycles. The second-order valence-electron chi connectivity index (χ2n) is 9.01. The van der Waals surface area contributed by atoms with E-state index < -0.39 is 0 Å². The Morgan fingerprint density at radius 2 is 1.78 bits per heavy atom. The average molecular weight is 478 g/mol. The van der Waals surface area contributed by atoms with Crippen molar-refractivity contribution in [3.8, 4) is 28.6 Å². The van der Waals surface area contributed by atoms with Crippen molar-refractivity contribution in [3.63, 3.8) is 0 Å². The summed E-state index contributed by atoms with van der Waals surface area (Å²) in [4.78, 5) is 30.6. The Morgan fingerprint density at radius 3 is 2.50 bits per heavy atom. The van der Waals surface area contributed by atoms with Crippen LogP contribution < -0.4 is 10.9 Å². The number of nitrogens with one attached hydrogen (secondary N) is 2. The Bertz CT molecular complexity index is 1430. The number of aryl methyl sites for hydroxylation is 1. The lowest BCUT2D eigenvalue weighted by Crippen LogP contribution is -2.38. The van der Waals surface area contributed by atoms with Crippen LogP contribution in [0.5, 0.6) is 0 Å². The summed E-state index contributed by atoms with van der Waals surface area (Å²) in [6.07, 6.45) is 3.61. The second-order valence-corrected chi connectivity index (χ2v) is 9.01. The zero-order chi connectivity index (χ0) is 24.9. The second kappa shape index (κ2) is 10.5. The van der Waals surface area contributed by atoms with Gasteiger partial charge in [0.1, 0.15) is 17.6 Å². The highest BCUT2D eigenvalue weighted by Crippen LogP contribution is 2.28. The average Bonchev–Trinajstić information content (AvgIpc) is 2.92. The number of nitrogens with zero attached hydrogens (tertiary/aromatic N) is 5. The van der Waals surface area contributed by atoms with Crippen molar-refractivity contribution < 1.29 is 0 Å². The first-order valence-corrected chi connectivity index (χ1v) is 12.1. The van der Waals surface area contributed by atoms with Gasteiger partial charge in [0.05, 0.1) is 11.4 Å². The van der Waals surface area contributed by atoms with Crippen LogP contribution in [0.1, 0.15) is 29.9 Å². The van der Waals surface area contributed by atoms with Gasteiger partial charge in [0, 0.05) is 43.0 Å². The molecule has 8 heteroatoms. The summed E-state index contributed by atoms with van der Waals surface area (Å²) >= 11 is 0. The van der Waals surface area contributed by atoms with Crippen LogP contribution in [0.3, 0.4) is 0 Å². The number of benzene rings is 2. The first-order chi connectivity index (χ1) is 17.6. The van der Waals surface area contributed by atoms with Gasteiger partial charge in [-0.25, -0.2) is 15.0 Å². The fraction of sp³-hybridized carbons (Fsp3) is 0.250. The zero-order valence-corrected chi connectivity index (χ0v) is 20.1. The number of rotatable bonds is 6. The van der Waals surface area contributed by atoms with E-state index in [1.165, 1.54) is 5.56 Å². The summed E-state index contributed by atoms with van der Waals surface area (Å²) in [6, 6.07) is 22.4. The zero-order valence-electron chi connectivity index (χ0n) is 20.1. The monoisotopic (exact) mass is 477 g/mol. The summed E-state index contributed by atoms with van der Waals surface area (Å²) in [6.45, 7) is 4.55. The van der Waals surface area contributed by atoms with E-state index in [9.17, 15) is 4.79 Å². The summed E-state index contributed by atoms with van der Waals surface area (Å²) in [5.41, 5.74) is 4.93. The first-order valence-electron chi connectivity index (χ1n) is 12.1. The Morgan fingerprint density at radius 1 is 1.03 bits per heavy atom. The number of piperidine rings is 1. The van der Waals surface area contributed by atoms with Crippen LogP contribution in [0, 0.1) is 18.3 Å². The fourth-order valence-electron chi connectivity index (χ4n) is 4.52. The quantitative estimate of drug-likeness (QED) is 0.429. The Hall–Kier alpha value is -4.35. The van der Waals surface area contributed by atoms with Gasteiger partial charge in [-0.1, -0.05) is 54.6 Å². The molecule has 8 nitrogen and oxygen atoms in total. The van der Waals surface area contributed by atoms with Crippen LogP contribution in [0.15, 0.2) is 71.7 Å². The van der Waals surface area contributed by atoms with E-state index in [1.54, 1.807) is 19.2 Å². The normalized spacial score (nSPS) is 14.3. The number of aromatic amines is 1. The van der Waals surface area contributed by atoms with E-state index in [0.29, 0.717) is 17.6 Å². The van der Waals surface area contributed by atoms with Crippen LogP contribution >= 0.6 is 0 Å². The van der Waals surface area contributed by atoms with E-state index in [1.807, 2.05) is 36.4 Å². The van der Waals surface area contributed by atoms with Crippen molar-refractivity contribution in [3.05, 3.63) is 94.3 Å². The lowest BCUT2D eigenvalue weighted by atomic mass is 10.0. The molecule has 1 aliphatic heterocycles. The molecule has 0 spiro atoms. The molecule has 180 valence electrons. The molecule has 36 heavy (non-hydrogen) atoms. The fourth-order valence-corrected chi connectivity index (χ4v) is 4.52. The van der Waals surface area contributed by atoms with Crippen molar-refractivity contribution in [2.24, 2.45) is 0 Å². The van der Waals surface area contributed by atoms with Crippen LogP contribution in [-0.2, 0) is 6.54 Å². The lowest BCUT2D eigenvalue weighted by Gasteiger charge is -2.32. The first kappa shape index (κ1) is 23.4. The number of nitriles is 1. The molecule has 0 bridgehead atoms. The van der Waals surface area contributed by atoms with Crippen molar-refractivity contribution in [1.29, 1.82) is 5.26 Å². The van der Waals surface area contributed by atoms with Crippen LogP contribution in [0.4, 0.5) is 5.82 Å². The molecule has 0 radical (unpaired) electrons. The van der Waals surface area contributed by atoms with Gasteiger partial charge in [-0.2, -0.15) is 5.26 Å². The maximum absolute atomic E-state index is 12.3. The summed E-state index contributed by atoms with van der Waals surface area (Å²) < 4.78 is 0. The highest BCUT2D eigenvalue weighted by Gasteiger charge is 2.20. The van der Waals surface area contributed by atoms with E-state index in [4.69, 9.17) is 5.26 Å². The topological polar surface area (TPSA) is 111 Å². The molecule has 1 fully saturated rings. The molecule has 3 heterocycles. The molecule has 2 N–H and O–H groups in total. The predicted octanol–water partition coefficient (Wildman–Crippen LogP) is 4.15. The third kappa shape index (κ3) is 5.32. The molecule has 4 aromatic rings. The van der Waals surface area contributed by atoms with Gasteiger partial charge in [0.15, 0.2) is 0 Å². The molecular weight excluding hydrogens is 450 g/mol. The maximum atomic E-state index is 12.3. The number of aromatic nitrogens is 4. The third-order valence-corrected chi connectivity index (χ3v) is 6.47. The highest BCUT2D eigenvalue weighted by atomic mass is 16.1. The predicted molar refractivity (Wildman–Crippen MR) is 139 cm³/mol. The Kier molecular flexibility index (Phi) is 6.83. The van der Waals surface area contributed by atoms with Gasteiger partial charge in [-0.05, 0) is 31.4 Å². The summed E-state index contributed by atoms with van der Waals surface area (Å²) in [5.74, 6) is 0.886. The molecule has 0 amide bonds. The minimum Gasteiger partial charge on any atom is -0.367 e. The molecule has 1 saturated heterocycles. The molecule has 0 saturated carbocycles. The maximum Gasteiger partial charge on any atom is 0.269 e. The molecule has 2 aromatic carbocycles. The number of hydrogen-bond acceptors (Lipinski definition) is 7. The molecule has 0 atom stereocenters. The lowest BCUT2D eigenvalue weighted by molar-refractivity contribution is 0.211. The van der Waals surface area contributed by atoms with Gasteiger partial charge in [-0.3, -0.25) is 9.69 Å². The van der Waals surface area contributed by atoms with Gasteiger partial charge >= 0.3 is 0 Å². The number of anilines is 1. The summed E-state index contributed by atoms with van der Waals surface area (Å²) in [5, 5.41) is 12.4. The number of hydrogen-bond donors (Lipinski definition) is 2. The van der Waals surface area contributed by atoms with Gasteiger partial charge in [0.25, 0.3) is 5.56 Å². The van der Waals surface area contributed by atoms with Crippen molar-refractivity contribution in [2.75, 3.05) is 18.4 Å². The van der Waals surface area contributed by atoms with E-state index in [2.05, 4.69) is 54.4 Å². The third-order valence-electron chi connectivity index (χ3n) is 6.47. The number of likely N-dealkylation sites (tertiary alicyclic amines) is 1. The van der Waals surface area contributed by atoms with E-state index in [-0.39, 0.29) is 11.4 Å². The van der Waals surface area contributed by atoms with Gasteiger partial charge in [-0.15, -0.1) is 0 Å².